The molecule has 0 saturated heterocycles. The predicted molar refractivity (Wildman–Crippen MR) is 65.8 cm³/mol. The zero-order chi connectivity index (χ0) is 14.8. The van der Waals surface area contributed by atoms with Crippen LogP contribution in [0, 0.1) is 11.6 Å². The first-order chi connectivity index (χ1) is 9.38. The summed E-state index contributed by atoms with van der Waals surface area (Å²) < 4.78 is 69.3. The largest absolute Gasteiger partial charge is 1.00 e. The van der Waals surface area contributed by atoms with Crippen LogP contribution in [-0.4, -0.2) is 6.98 Å². The van der Waals surface area contributed by atoms with Crippen LogP contribution in [0.2, 0.25) is 0 Å². The van der Waals surface area contributed by atoms with Crippen LogP contribution in [0.15, 0.2) is 42.5 Å². The van der Waals surface area contributed by atoms with Gasteiger partial charge in [-0.2, -0.15) is 0 Å². The van der Waals surface area contributed by atoms with Crippen molar-refractivity contribution in [1.82, 2.24) is 0 Å². The molecule has 2 aromatic rings. The van der Waals surface area contributed by atoms with Gasteiger partial charge in [0.1, 0.15) is 12.4 Å². The molecule has 2 aromatic carbocycles. The second-order valence-corrected chi connectivity index (χ2v) is 4.14. The van der Waals surface area contributed by atoms with Gasteiger partial charge in [0.05, 0.1) is 0 Å². The maximum Gasteiger partial charge on any atom is 1.00 e. The van der Waals surface area contributed by atoms with E-state index >= 15 is 0 Å². The number of hydrogen-bond acceptors (Lipinski definition) is 1. The molecule has 0 aromatic heterocycles. The Morgan fingerprint density at radius 1 is 0.905 bits per heavy atom. The summed E-state index contributed by atoms with van der Waals surface area (Å²) in [7, 11) is 0. The molecule has 0 bridgehead atoms. The molecule has 0 aliphatic carbocycles. The van der Waals surface area contributed by atoms with Crippen LogP contribution in [0.4, 0.5) is 21.7 Å². The molecule has 0 N–H and O–H groups in total. The van der Waals surface area contributed by atoms with Crippen LogP contribution in [0.5, 0.6) is 5.75 Å². The van der Waals surface area contributed by atoms with E-state index in [1.807, 2.05) is 0 Å². The van der Waals surface area contributed by atoms with E-state index in [1.165, 1.54) is 18.2 Å². The van der Waals surface area contributed by atoms with Gasteiger partial charge in [0, 0.05) is 5.56 Å². The third-order valence-electron chi connectivity index (χ3n) is 2.67. The van der Waals surface area contributed by atoms with E-state index in [0.717, 1.165) is 0 Å². The molecule has 2 rings (SSSR count). The molecule has 0 radical (unpaired) electrons. The van der Waals surface area contributed by atoms with E-state index in [9.17, 15) is 21.7 Å². The summed E-state index contributed by atoms with van der Waals surface area (Å²) in [6.07, 6.45) is 0. The topological polar surface area (TPSA) is 9.23 Å². The molecular weight excluding hydrogens is 317 g/mol. The smallest absolute Gasteiger partial charge is 0.486 e. The fourth-order valence-corrected chi connectivity index (χ4v) is 1.61. The summed E-state index contributed by atoms with van der Waals surface area (Å²) in [4.78, 5) is 0. The second-order valence-electron chi connectivity index (χ2n) is 4.14. The standard InChI is InChI=1S/C13H9BF5O.K/c15-11-4-2-1-3-9(11)8-20-13-7-10(14(17,18)19)5-6-12(13)16;/h1-7H,8H2;/q-1;+1. The Labute approximate surface area is 161 Å². The van der Waals surface area contributed by atoms with Crippen molar-refractivity contribution in [3.8, 4) is 5.75 Å². The van der Waals surface area contributed by atoms with Crippen LogP contribution in [0.1, 0.15) is 5.56 Å². The van der Waals surface area contributed by atoms with Crippen molar-refractivity contribution in [3.05, 3.63) is 59.7 Å². The van der Waals surface area contributed by atoms with E-state index in [2.05, 4.69) is 0 Å². The van der Waals surface area contributed by atoms with Crippen LogP contribution < -0.4 is 61.6 Å². The van der Waals surface area contributed by atoms with Crippen molar-refractivity contribution in [2.45, 2.75) is 6.61 Å². The SMILES string of the molecule is Fc1ccccc1COc1cc([B-](F)(F)F)ccc1F.[K+]. The van der Waals surface area contributed by atoms with E-state index < -0.39 is 29.8 Å². The Morgan fingerprint density at radius 2 is 1.57 bits per heavy atom. The normalized spacial score (nSPS) is 10.9. The van der Waals surface area contributed by atoms with Gasteiger partial charge in [0.15, 0.2) is 11.6 Å². The van der Waals surface area contributed by atoms with Gasteiger partial charge in [0.25, 0.3) is 0 Å². The van der Waals surface area contributed by atoms with Crippen molar-refractivity contribution >= 4 is 12.4 Å². The fourth-order valence-electron chi connectivity index (χ4n) is 1.61. The molecule has 21 heavy (non-hydrogen) atoms. The van der Waals surface area contributed by atoms with Gasteiger partial charge >= 0.3 is 58.4 Å². The van der Waals surface area contributed by atoms with Crippen molar-refractivity contribution in [1.29, 1.82) is 0 Å². The number of rotatable bonds is 4. The molecule has 0 saturated carbocycles. The Hall–Kier alpha value is -0.409. The molecule has 106 valence electrons. The molecule has 0 unspecified atom stereocenters. The first-order valence-corrected chi connectivity index (χ1v) is 5.73. The number of hydrogen-bond donors (Lipinski definition) is 0. The van der Waals surface area contributed by atoms with Crippen molar-refractivity contribution < 1.29 is 77.8 Å². The quantitative estimate of drug-likeness (QED) is 0.591. The first-order valence-electron chi connectivity index (χ1n) is 5.73. The Balaban J connectivity index is 0.00000220. The molecule has 0 amide bonds. The van der Waals surface area contributed by atoms with Gasteiger partial charge in [-0.3, -0.25) is 0 Å². The van der Waals surface area contributed by atoms with Crippen molar-refractivity contribution in [2.75, 3.05) is 0 Å². The third kappa shape index (κ3) is 5.07. The summed E-state index contributed by atoms with van der Waals surface area (Å²) >= 11 is 0. The van der Waals surface area contributed by atoms with Crippen LogP contribution in [0.3, 0.4) is 0 Å². The predicted octanol–water partition coefficient (Wildman–Crippen LogP) is 0.602. The zero-order valence-corrected chi connectivity index (χ0v) is 14.2. The summed E-state index contributed by atoms with van der Waals surface area (Å²) in [5, 5.41) is 0. The maximum atomic E-state index is 13.4. The van der Waals surface area contributed by atoms with E-state index in [-0.39, 0.29) is 63.6 Å². The minimum atomic E-state index is -5.24. The van der Waals surface area contributed by atoms with Gasteiger partial charge in [-0.1, -0.05) is 24.3 Å². The average Bonchev–Trinajstić information content (AvgIpc) is 2.38. The molecule has 0 spiro atoms. The van der Waals surface area contributed by atoms with E-state index in [0.29, 0.717) is 18.2 Å². The van der Waals surface area contributed by atoms with E-state index in [1.54, 1.807) is 6.07 Å². The molecule has 8 heteroatoms. The van der Waals surface area contributed by atoms with Gasteiger partial charge in [-0.05, 0) is 18.2 Å². The number of halogens is 5. The molecule has 0 fully saturated rings. The van der Waals surface area contributed by atoms with Gasteiger partial charge in [-0.25, -0.2) is 8.78 Å². The van der Waals surface area contributed by atoms with E-state index in [4.69, 9.17) is 4.74 Å². The second kappa shape index (κ2) is 7.73. The third-order valence-corrected chi connectivity index (χ3v) is 2.67. The molecule has 0 heterocycles. The molecule has 1 nitrogen and oxygen atoms in total. The minimum Gasteiger partial charge on any atom is -0.486 e. The van der Waals surface area contributed by atoms with Crippen LogP contribution in [0.25, 0.3) is 0 Å². The van der Waals surface area contributed by atoms with Gasteiger partial charge in [-0.15, -0.1) is 5.46 Å². The summed E-state index contributed by atoms with van der Waals surface area (Å²) in [5.41, 5.74) is -0.829. The average molecular weight is 326 g/mol. The van der Waals surface area contributed by atoms with Crippen molar-refractivity contribution in [2.24, 2.45) is 0 Å². The zero-order valence-electron chi connectivity index (χ0n) is 11.1. The summed E-state index contributed by atoms with van der Waals surface area (Å²) in [6, 6.07) is 7.51. The minimum absolute atomic E-state index is 0. The van der Waals surface area contributed by atoms with Crippen molar-refractivity contribution in [3.63, 3.8) is 0 Å². The van der Waals surface area contributed by atoms with Crippen LogP contribution >= 0.6 is 0 Å². The molecule has 0 atom stereocenters. The maximum absolute atomic E-state index is 13.4. The molecule has 0 aliphatic heterocycles. The molecule has 0 aliphatic rings. The van der Waals surface area contributed by atoms with Crippen LogP contribution in [-0.2, 0) is 6.61 Å². The Bertz CT molecular complexity index is 618. The number of benzene rings is 2. The Morgan fingerprint density at radius 3 is 2.19 bits per heavy atom. The van der Waals surface area contributed by atoms with Gasteiger partial charge in [0.2, 0.25) is 0 Å². The van der Waals surface area contributed by atoms with Gasteiger partial charge < -0.3 is 17.7 Å². The fraction of sp³-hybridized carbons (Fsp3) is 0.0769. The first kappa shape index (κ1) is 18.6. The summed E-state index contributed by atoms with van der Waals surface area (Å²) in [5.74, 6) is -2.04. The molecular formula is C13H9BF5KO. The number of ether oxygens (including phenoxy) is 1. The summed E-state index contributed by atoms with van der Waals surface area (Å²) in [6.45, 7) is -5.59. The monoisotopic (exact) mass is 326 g/mol. The Kier molecular flexibility index (Phi) is 6.86.